The van der Waals surface area contributed by atoms with Gasteiger partial charge in [-0.25, -0.2) is 9.79 Å². The molecule has 1 aromatic carbocycles. The third kappa shape index (κ3) is 2.07. The molecule has 1 spiro atoms. The molecule has 0 radical (unpaired) electrons. The maximum atomic E-state index is 11.5. The van der Waals surface area contributed by atoms with Crippen LogP contribution >= 0.6 is 0 Å². The predicted octanol–water partition coefficient (Wildman–Crippen LogP) is 1.38. The van der Waals surface area contributed by atoms with Gasteiger partial charge in [-0.2, -0.15) is 0 Å². The summed E-state index contributed by atoms with van der Waals surface area (Å²) in [5.41, 5.74) is 7.62. The van der Waals surface area contributed by atoms with Crippen LogP contribution in [0.2, 0.25) is 0 Å². The van der Waals surface area contributed by atoms with E-state index in [4.69, 9.17) is 10.5 Å². The van der Waals surface area contributed by atoms with Crippen LogP contribution in [0.3, 0.4) is 0 Å². The predicted molar refractivity (Wildman–Crippen MR) is 76.7 cm³/mol. The van der Waals surface area contributed by atoms with Crippen LogP contribution in [0.15, 0.2) is 29.3 Å². The minimum absolute atomic E-state index is 0.284. The van der Waals surface area contributed by atoms with Crippen LogP contribution in [0.1, 0.15) is 18.4 Å². The number of nitrogens with two attached hydrogens (primary N) is 1. The largest absolute Gasteiger partial charge is 0.453 e. The molecule has 0 aliphatic carbocycles. The van der Waals surface area contributed by atoms with E-state index in [0.29, 0.717) is 18.9 Å². The third-order valence-electron chi connectivity index (χ3n) is 3.93. The van der Waals surface area contributed by atoms with Gasteiger partial charge in [-0.05, 0) is 12.1 Å². The normalized spacial score (nSPS) is 19.9. The van der Waals surface area contributed by atoms with Crippen LogP contribution < -0.4 is 11.1 Å². The fraction of sp³-hybridized carbons (Fsp3) is 0.429. The van der Waals surface area contributed by atoms with Gasteiger partial charge in [0.15, 0.2) is 0 Å². The number of benzene rings is 1. The van der Waals surface area contributed by atoms with Crippen molar-refractivity contribution >= 4 is 17.6 Å². The van der Waals surface area contributed by atoms with E-state index in [0.717, 1.165) is 24.1 Å². The van der Waals surface area contributed by atoms with E-state index in [9.17, 15) is 4.79 Å². The highest BCUT2D eigenvalue weighted by atomic mass is 16.5. The molecule has 0 bridgehead atoms. The minimum atomic E-state index is -0.400. The van der Waals surface area contributed by atoms with Crippen LogP contribution in [0, 0.1) is 0 Å². The molecule has 6 nitrogen and oxygen atoms in total. The number of carbonyl (C=O) groups is 1. The number of anilines is 1. The molecule has 2 aliphatic rings. The molecular formula is C14H18N4O2. The van der Waals surface area contributed by atoms with Crippen molar-refractivity contribution in [1.29, 1.82) is 0 Å². The fourth-order valence-electron chi connectivity index (χ4n) is 2.81. The summed E-state index contributed by atoms with van der Waals surface area (Å²) in [4.78, 5) is 17.9. The van der Waals surface area contributed by atoms with Gasteiger partial charge in [0.2, 0.25) is 0 Å². The Morgan fingerprint density at radius 2 is 2.10 bits per heavy atom. The molecule has 1 aromatic rings. The Bertz CT molecular complexity index is 562. The summed E-state index contributed by atoms with van der Waals surface area (Å²) < 4.78 is 4.75. The van der Waals surface area contributed by atoms with Gasteiger partial charge in [-0.15, -0.1) is 0 Å². The van der Waals surface area contributed by atoms with Gasteiger partial charge >= 0.3 is 6.09 Å². The number of likely N-dealkylation sites (tertiary alicyclic amines) is 1. The van der Waals surface area contributed by atoms with Gasteiger partial charge < -0.3 is 20.7 Å². The Kier molecular flexibility index (Phi) is 3.00. The van der Waals surface area contributed by atoms with E-state index in [1.165, 1.54) is 7.11 Å². The number of fused-ring (bicyclic) bond motifs is 1. The number of nitrogens with zero attached hydrogens (tertiary/aromatic N) is 2. The van der Waals surface area contributed by atoms with E-state index in [-0.39, 0.29) is 6.09 Å². The topological polar surface area (TPSA) is 80.0 Å². The van der Waals surface area contributed by atoms with E-state index in [2.05, 4.69) is 10.3 Å². The molecule has 2 aliphatic heterocycles. The first-order valence-corrected chi connectivity index (χ1v) is 6.69. The first kappa shape index (κ1) is 12.8. The fourth-order valence-corrected chi connectivity index (χ4v) is 2.81. The molecule has 2 heterocycles. The van der Waals surface area contributed by atoms with Crippen LogP contribution in [0.5, 0.6) is 0 Å². The number of carbonyl (C=O) groups excluding carboxylic acids is 1. The van der Waals surface area contributed by atoms with Gasteiger partial charge in [-0.1, -0.05) is 12.1 Å². The Balaban J connectivity index is 1.80. The highest BCUT2D eigenvalue weighted by Gasteiger charge is 2.38. The number of hydrogen-bond acceptors (Lipinski definition) is 5. The zero-order valence-corrected chi connectivity index (χ0v) is 11.4. The number of aliphatic imine (C=N–C) groups is 1. The standard InChI is InChI=1S/C14H18N4O2/c1-20-13(19)18-8-6-14(7-9-18)16-11-5-3-2-4-10(11)12(15)17-14/h2-5,16H,6-9H2,1H3,(H2,15,17). The van der Waals surface area contributed by atoms with Crippen molar-refractivity contribution in [3.8, 4) is 0 Å². The third-order valence-corrected chi connectivity index (χ3v) is 3.93. The van der Waals surface area contributed by atoms with E-state index in [1.54, 1.807) is 4.90 Å². The molecule has 0 aromatic heterocycles. The first-order chi connectivity index (χ1) is 9.63. The lowest BCUT2D eigenvalue weighted by molar-refractivity contribution is 0.104. The molecule has 0 saturated carbocycles. The van der Waals surface area contributed by atoms with Crippen molar-refractivity contribution in [2.75, 3.05) is 25.5 Å². The van der Waals surface area contributed by atoms with Crippen molar-refractivity contribution in [3.63, 3.8) is 0 Å². The lowest BCUT2D eigenvalue weighted by Crippen LogP contribution is -2.52. The molecule has 106 valence electrons. The summed E-state index contributed by atoms with van der Waals surface area (Å²) >= 11 is 0. The molecule has 1 amide bonds. The minimum Gasteiger partial charge on any atom is -0.453 e. The second-order valence-corrected chi connectivity index (χ2v) is 5.16. The van der Waals surface area contributed by atoms with Crippen molar-refractivity contribution in [2.24, 2.45) is 10.7 Å². The van der Waals surface area contributed by atoms with E-state index >= 15 is 0 Å². The highest BCUT2D eigenvalue weighted by Crippen LogP contribution is 2.33. The number of amides is 1. The summed E-state index contributed by atoms with van der Waals surface area (Å²) in [7, 11) is 1.40. The quantitative estimate of drug-likeness (QED) is 0.749. The average molecular weight is 274 g/mol. The average Bonchev–Trinajstić information content (AvgIpc) is 2.47. The van der Waals surface area contributed by atoms with Gasteiger partial charge in [0, 0.05) is 37.2 Å². The second kappa shape index (κ2) is 4.70. The number of rotatable bonds is 0. The summed E-state index contributed by atoms with van der Waals surface area (Å²) in [6, 6.07) is 7.88. The molecule has 1 saturated heterocycles. The Morgan fingerprint density at radius 1 is 1.40 bits per heavy atom. The molecule has 6 heteroatoms. The number of para-hydroxylation sites is 1. The van der Waals surface area contributed by atoms with Crippen LogP contribution in [0.25, 0.3) is 0 Å². The summed E-state index contributed by atoms with van der Waals surface area (Å²) in [6.45, 7) is 1.22. The number of nitrogens with one attached hydrogen (secondary N) is 1. The van der Waals surface area contributed by atoms with Crippen LogP contribution in [-0.4, -0.2) is 42.7 Å². The SMILES string of the molecule is COC(=O)N1CCC2(CC1)N=C(N)c1ccccc1N2. The number of amidine groups is 1. The van der Waals surface area contributed by atoms with Crippen molar-refractivity contribution in [3.05, 3.63) is 29.8 Å². The van der Waals surface area contributed by atoms with Gasteiger partial charge in [0.1, 0.15) is 11.5 Å². The smallest absolute Gasteiger partial charge is 0.409 e. The van der Waals surface area contributed by atoms with Crippen molar-refractivity contribution in [1.82, 2.24) is 4.90 Å². The lowest BCUT2D eigenvalue weighted by atomic mass is 9.94. The molecule has 20 heavy (non-hydrogen) atoms. The van der Waals surface area contributed by atoms with Gasteiger partial charge in [0.25, 0.3) is 0 Å². The van der Waals surface area contributed by atoms with Crippen LogP contribution in [0.4, 0.5) is 10.5 Å². The number of ether oxygens (including phenoxy) is 1. The van der Waals surface area contributed by atoms with E-state index in [1.807, 2.05) is 24.3 Å². The number of hydrogen-bond donors (Lipinski definition) is 2. The van der Waals surface area contributed by atoms with Crippen molar-refractivity contribution < 1.29 is 9.53 Å². The Labute approximate surface area is 117 Å². The monoisotopic (exact) mass is 274 g/mol. The van der Waals surface area contributed by atoms with E-state index < -0.39 is 5.66 Å². The summed E-state index contributed by atoms with van der Waals surface area (Å²) in [6.07, 6.45) is 1.15. The molecular weight excluding hydrogens is 256 g/mol. The second-order valence-electron chi connectivity index (χ2n) is 5.16. The molecule has 3 N–H and O–H groups in total. The van der Waals surface area contributed by atoms with Gasteiger partial charge in [-0.3, -0.25) is 0 Å². The summed E-state index contributed by atoms with van der Waals surface area (Å²) in [5, 5.41) is 3.47. The summed E-state index contributed by atoms with van der Waals surface area (Å²) in [5.74, 6) is 0.561. The maximum absolute atomic E-state index is 11.5. The van der Waals surface area contributed by atoms with Crippen LogP contribution in [-0.2, 0) is 4.74 Å². The molecule has 3 rings (SSSR count). The number of piperidine rings is 1. The molecule has 0 unspecified atom stereocenters. The molecule has 0 atom stereocenters. The maximum Gasteiger partial charge on any atom is 0.409 e. The lowest BCUT2D eigenvalue weighted by Gasteiger charge is -2.42. The highest BCUT2D eigenvalue weighted by molar-refractivity contribution is 6.04. The number of methoxy groups -OCH3 is 1. The van der Waals surface area contributed by atoms with Crippen molar-refractivity contribution in [2.45, 2.75) is 18.5 Å². The van der Waals surface area contributed by atoms with Gasteiger partial charge in [0.05, 0.1) is 7.11 Å². The molecule has 1 fully saturated rings. The first-order valence-electron chi connectivity index (χ1n) is 6.69. The Hall–Kier alpha value is -2.24. The zero-order valence-electron chi connectivity index (χ0n) is 11.4. The Morgan fingerprint density at radius 3 is 2.80 bits per heavy atom. The zero-order chi connectivity index (χ0) is 14.2.